The minimum Gasteiger partial charge on any atom is -0.228 e. The Balaban J connectivity index is 1.94. The second-order valence-corrected chi connectivity index (χ2v) is 5.40. The molecule has 0 fully saturated rings. The van der Waals surface area contributed by atoms with Gasteiger partial charge in [0.05, 0.1) is 0 Å². The van der Waals surface area contributed by atoms with Crippen LogP contribution in [0.15, 0.2) is 35.6 Å². The number of hydrogen-bond acceptors (Lipinski definition) is 3. The van der Waals surface area contributed by atoms with Crippen molar-refractivity contribution in [2.75, 3.05) is 5.75 Å². The fourth-order valence-corrected chi connectivity index (χ4v) is 2.73. The molecule has 0 atom stereocenters. The number of rotatable bonds is 4. The van der Waals surface area contributed by atoms with Gasteiger partial charge in [-0.05, 0) is 19.9 Å². The van der Waals surface area contributed by atoms with Crippen LogP contribution in [0.5, 0.6) is 0 Å². The molecule has 94 valence electrons. The molecular weight excluding hydrogens is 242 g/mol. The maximum Gasteiger partial charge on any atom is 0.187 e. The van der Waals surface area contributed by atoms with E-state index < -0.39 is 0 Å². The van der Waals surface area contributed by atoms with Crippen LogP contribution in [0.4, 0.5) is 0 Å². The van der Waals surface area contributed by atoms with Crippen molar-refractivity contribution in [3.05, 3.63) is 47.5 Å². The Morgan fingerprint density at radius 2 is 1.89 bits per heavy atom. The van der Waals surface area contributed by atoms with Crippen molar-refractivity contribution in [2.24, 2.45) is 7.05 Å². The number of thioether (sulfide) groups is 1. The minimum absolute atomic E-state index is 0.881. The smallest absolute Gasteiger partial charge is 0.187 e. The third kappa shape index (κ3) is 3.53. The van der Waals surface area contributed by atoms with Crippen molar-refractivity contribution < 1.29 is 4.57 Å². The number of pyridine rings is 1. The second-order valence-electron chi connectivity index (χ2n) is 4.33. The van der Waals surface area contributed by atoms with Crippen molar-refractivity contribution in [1.29, 1.82) is 0 Å². The summed E-state index contributed by atoms with van der Waals surface area (Å²) in [6.07, 6.45) is 3.10. The van der Waals surface area contributed by atoms with Crippen LogP contribution in [0.2, 0.25) is 0 Å². The highest BCUT2D eigenvalue weighted by molar-refractivity contribution is 7.99. The van der Waals surface area contributed by atoms with Gasteiger partial charge >= 0.3 is 0 Å². The molecule has 0 unspecified atom stereocenters. The molecule has 0 aliphatic carbocycles. The quantitative estimate of drug-likeness (QED) is 0.480. The zero-order valence-corrected chi connectivity index (χ0v) is 11.9. The highest BCUT2D eigenvalue weighted by atomic mass is 32.2. The molecule has 2 aromatic heterocycles. The molecule has 0 bridgehead atoms. The summed E-state index contributed by atoms with van der Waals surface area (Å²) in [5, 5.41) is 0.881. The van der Waals surface area contributed by atoms with Gasteiger partial charge in [0.1, 0.15) is 7.05 Å². The van der Waals surface area contributed by atoms with Crippen molar-refractivity contribution >= 4 is 11.8 Å². The van der Waals surface area contributed by atoms with Gasteiger partial charge in [0.15, 0.2) is 17.0 Å². The van der Waals surface area contributed by atoms with Crippen molar-refractivity contribution in [3.63, 3.8) is 0 Å². The maximum atomic E-state index is 4.43. The van der Waals surface area contributed by atoms with Gasteiger partial charge in [-0.1, -0.05) is 17.8 Å². The number of hydrogen-bond donors (Lipinski definition) is 0. The third-order valence-electron chi connectivity index (χ3n) is 2.71. The predicted molar refractivity (Wildman–Crippen MR) is 73.6 cm³/mol. The zero-order valence-electron chi connectivity index (χ0n) is 11.1. The Hall–Kier alpha value is -1.42. The molecular formula is C14H18N3S+. The lowest BCUT2D eigenvalue weighted by molar-refractivity contribution is -0.679. The molecule has 3 nitrogen and oxygen atoms in total. The van der Waals surface area contributed by atoms with E-state index in [1.54, 1.807) is 11.8 Å². The molecule has 2 aromatic rings. The van der Waals surface area contributed by atoms with Crippen LogP contribution in [0.3, 0.4) is 0 Å². The molecule has 0 aromatic carbocycles. The summed E-state index contributed by atoms with van der Waals surface area (Å²) in [5.74, 6) is 1.00. The molecule has 0 aliphatic heterocycles. The first-order chi connectivity index (χ1) is 8.65. The van der Waals surface area contributed by atoms with E-state index in [1.165, 1.54) is 5.69 Å². The van der Waals surface area contributed by atoms with Crippen LogP contribution in [-0.4, -0.2) is 15.7 Å². The molecule has 2 heterocycles. The van der Waals surface area contributed by atoms with Crippen LogP contribution in [0, 0.1) is 13.8 Å². The summed E-state index contributed by atoms with van der Waals surface area (Å²) in [6.45, 7) is 4.02. The second kappa shape index (κ2) is 5.96. The average Bonchev–Trinajstić information content (AvgIpc) is 2.30. The first-order valence-electron chi connectivity index (χ1n) is 6.04. The fourth-order valence-electron chi connectivity index (χ4n) is 1.82. The summed E-state index contributed by atoms with van der Waals surface area (Å²) in [7, 11) is 2.08. The number of aryl methyl sites for hydroxylation is 4. The zero-order chi connectivity index (χ0) is 13.0. The van der Waals surface area contributed by atoms with E-state index in [0.29, 0.717) is 0 Å². The normalized spacial score (nSPS) is 10.6. The molecule has 0 saturated heterocycles. The summed E-state index contributed by atoms with van der Waals surface area (Å²) in [6, 6.07) is 8.28. The van der Waals surface area contributed by atoms with E-state index in [9.17, 15) is 0 Å². The van der Waals surface area contributed by atoms with E-state index >= 15 is 0 Å². The van der Waals surface area contributed by atoms with Gasteiger partial charge < -0.3 is 0 Å². The van der Waals surface area contributed by atoms with Crippen LogP contribution < -0.4 is 4.57 Å². The number of nitrogens with zero attached hydrogens (tertiary/aromatic N) is 3. The van der Waals surface area contributed by atoms with Crippen molar-refractivity contribution in [2.45, 2.75) is 25.4 Å². The molecule has 0 saturated carbocycles. The Bertz CT molecular complexity index is 520. The van der Waals surface area contributed by atoms with Crippen molar-refractivity contribution in [3.8, 4) is 0 Å². The molecule has 2 rings (SSSR count). The van der Waals surface area contributed by atoms with Gasteiger partial charge in [0.2, 0.25) is 0 Å². The van der Waals surface area contributed by atoms with Crippen LogP contribution in [0.25, 0.3) is 0 Å². The topological polar surface area (TPSA) is 29.7 Å². The lowest BCUT2D eigenvalue weighted by atomic mass is 10.3. The summed E-state index contributed by atoms with van der Waals surface area (Å²) in [4.78, 5) is 8.87. The Morgan fingerprint density at radius 1 is 1.17 bits per heavy atom. The van der Waals surface area contributed by atoms with E-state index in [1.807, 2.05) is 26.0 Å². The standard InChI is InChI=1S/C14H18N3S/c1-11-10-12(2)16-14(15-11)18-9-7-13-6-4-5-8-17(13)3/h4-6,8,10H,7,9H2,1-3H3/q+1. The molecule has 0 radical (unpaired) electrons. The Morgan fingerprint density at radius 3 is 2.56 bits per heavy atom. The van der Waals surface area contributed by atoms with Crippen LogP contribution in [-0.2, 0) is 13.5 Å². The van der Waals surface area contributed by atoms with Gasteiger partial charge in [-0.2, -0.15) is 0 Å². The van der Waals surface area contributed by atoms with E-state index in [-0.39, 0.29) is 0 Å². The largest absolute Gasteiger partial charge is 0.228 e. The van der Waals surface area contributed by atoms with E-state index in [0.717, 1.165) is 28.7 Å². The molecule has 0 aliphatic rings. The fraction of sp³-hybridized carbons (Fsp3) is 0.357. The van der Waals surface area contributed by atoms with Gasteiger partial charge in [0, 0.05) is 35.7 Å². The van der Waals surface area contributed by atoms with Gasteiger partial charge in [-0.15, -0.1) is 0 Å². The van der Waals surface area contributed by atoms with Gasteiger partial charge in [0.25, 0.3) is 0 Å². The van der Waals surface area contributed by atoms with Crippen LogP contribution in [0.1, 0.15) is 17.1 Å². The molecule has 0 amide bonds. The summed E-state index contributed by atoms with van der Waals surface area (Å²) < 4.78 is 2.16. The first kappa shape index (κ1) is 13.0. The molecule has 18 heavy (non-hydrogen) atoms. The van der Waals surface area contributed by atoms with Crippen molar-refractivity contribution in [1.82, 2.24) is 9.97 Å². The Labute approximate surface area is 112 Å². The monoisotopic (exact) mass is 260 g/mol. The molecule has 4 heteroatoms. The summed E-state index contributed by atoms with van der Waals surface area (Å²) in [5.41, 5.74) is 3.40. The molecule has 0 spiro atoms. The Kier molecular flexibility index (Phi) is 4.31. The SMILES string of the molecule is Cc1cc(C)nc(SCCc2cccc[n+]2C)n1. The highest BCUT2D eigenvalue weighted by Gasteiger charge is 2.06. The highest BCUT2D eigenvalue weighted by Crippen LogP contribution is 2.15. The third-order valence-corrected chi connectivity index (χ3v) is 3.56. The van der Waals surface area contributed by atoms with Gasteiger partial charge in [-0.3, -0.25) is 0 Å². The lowest BCUT2D eigenvalue weighted by Gasteiger charge is -2.02. The van der Waals surface area contributed by atoms with Crippen LogP contribution >= 0.6 is 11.8 Å². The summed E-state index contributed by atoms with van der Waals surface area (Å²) >= 11 is 1.72. The predicted octanol–water partition coefficient (Wildman–Crippen LogP) is 2.25. The maximum absolute atomic E-state index is 4.43. The number of aromatic nitrogens is 3. The average molecular weight is 260 g/mol. The first-order valence-corrected chi connectivity index (χ1v) is 7.02. The lowest BCUT2D eigenvalue weighted by Crippen LogP contribution is -2.32. The minimum atomic E-state index is 0.881. The van der Waals surface area contributed by atoms with Gasteiger partial charge in [-0.25, -0.2) is 14.5 Å². The van der Waals surface area contributed by atoms with E-state index in [4.69, 9.17) is 0 Å². The van der Waals surface area contributed by atoms with E-state index in [2.05, 4.69) is 39.9 Å². The molecule has 0 N–H and O–H groups in total.